The smallest absolute Gasteiger partial charge is 0.277 e. The SMILES string of the molecule is Cc1cc(=O)[nH]c(-c2cccc(NC(=O)c3cn(CC(=O)C(C)(C)C)nn3)c2)n1. The van der Waals surface area contributed by atoms with Gasteiger partial charge in [-0.3, -0.25) is 14.4 Å². The van der Waals surface area contributed by atoms with Gasteiger partial charge in [-0.2, -0.15) is 0 Å². The molecule has 0 spiro atoms. The van der Waals surface area contributed by atoms with E-state index in [1.165, 1.54) is 16.9 Å². The van der Waals surface area contributed by atoms with Gasteiger partial charge in [0, 0.05) is 28.4 Å². The second-order valence-electron chi connectivity index (χ2n) is 7.74. The highest BCUT2D eigenvalue weighted by atomic mass is 16.2. The third kappa shape index (κ3) is 5.01. The van der Waals surface area contributed by atoms with Gasteiger partial charge in [0.25, 0.3) is 11.5 Å². The molecule has 1 amide bonds. The van der Waals surface area contributed by atoms with E-state index < -0.39 is 11.3 Å². The minimum atomic E-state index is -0.500. The molecule has 2 N–H and O–H groups in total. The lowest BCUT2D eigenvalue weighted by molar-refractivity contribution is -0.127. The lowest BCUT2D eigenvalue weighted by atomic mass is 9.91. The van der Waals surface area contributed by atoms with Crippen LogP contribution in [0.1, 0.15) is 37.0 Å². The molecule has 0 radical (unpaired) electrons. The van der Waals surface area contributed by atoms with E-state index in [0.29, 0.717) is 22.8 Å². The fraction of sp³-hybridized carbons (Fsp3) is 0.300. The Morgan fingerprint density at radius 1 is 1.21 bits per heavy atom. The molecule has 9 nitrogen and oxygen atoms in total. The largest absolute Gasteiger partial charge is 0.321 e. The van der Waals surface area contributed by atoms with Crippen LogP contribution >= 0.6 is 0 Å². The molecule has 0 aliphatic rings. The first-order valence-corrected chi connectivity index (χ1v) is 9.05. The Labute approximate surface area is 167 Å². The van der Waals surface area contributed by atoms with Crippen molar-refractivity contribution in [2.24, 2.45) is 5.41 Å². The summed E-state index contributed by atoms with van der Waals surface area (Å²) in [4.78, 5) is 43.2. The van der Waals surface area contributed by atoms with Gasteiger partial charge in [0.05, 0.1) is 6.20 Å². The topological polar surface area (TPSA) is 123 Å². The van der Waals surface area contributed by atoms with Crippen molar-refractivity contribution in [1.29, 1.82) is 0 Å². The van der Waals surface area contributed by atoms with Gasteiger partial charge in [-0.15, -0.1) is 5.10 Å². The van der Waals surface area contributed by atoms with Crippen LogP contribution in [0.25, 0.3) is 11.4 Å². The highest BCUT2D eigenvalue weighted by Crippen LogP contribution is 2.19. The average Bonchev–Trinajstić information content (AvgIpc) is 3.09. The predicted octanol–water partition coefficient (Wildman–Crippen LogP) is 2.20. The molecule has 9 heteroatoms. The van der Waals surface area contributed by atoms with Crippen LogP contribution < -0.4 is 10.9 Å². The monoisotopic (exact) mass is 394 g/mol. The molecular formula is C20H22N6O3. The van der Waals surface area contributed by atoms with E-state index in [9.17, 15) is 14.4 Å². The molecule has 150 valence electrons. The van der Waals surface area contributed by atoms with Crippen molar-refractivity contribution in [3.8, 4) is 11.4 Å². The van der Waals surface area contributed by atoms with Gasteiger partial charge >= 0.3 is 0 Å². The number of Topliss-reactive ketones (excluding diaryl/α,β-unsaturated/α-hetero) is 1. The van der Waals surface area contributed by atoms with Gasteiger partial charge < -0.3 is 10.3 Å². The molecule has 29 heavy (non-hydrogen) atoms. The normalized spacial score (nSPS) is 11.3. The van der Waals surface area contributed by atoms with Crippen LogP contribution in [0.4, 0.5) is 5.69 Å². The molecule has 3 rings (SSSR count). The van der Waals surface area contributed by atoms with Crippen LogP contribution in [-0.4, -0.2) is 36.7 Å². The zero-order chi connectivity index (χ0) is 21.2. The molecule has 3 aromatic rings. The fourth-order valence-corrected chi connectivity index (χ4v) is 2.52. The first kappa shape index (κ1) is 20.1. The summed E-state index contributed by atoms with van der Waals surface area (Å²) in [6, 6.07) is 8.34. The summed E-state index contributed by atoms with van der Waals surface area (Å²) in [5.41, 5.74) is 1.11. The summed E-state index contributed by atoms with van der Waals surface area (Å²) in [6.07, 6.45) is 1.43. The maximum absolute atomic E-state index is 12.5. The van der Waals surface area contributed by atoms with Crippen LogP contribution in [0.5, 0.6) is 0 Å². The van der Waals surface area contributed by atoms with Crippen LogP contribution in [0.2, 0.25) is 0 Å². The number of aryl methyl sites for hydroxylation is 1. The third-order valence-electron chi connectivity index (χ3n) is 4.18. The molecule has 0 bridgehead atoms. The van der Waals surface area contributed by atoms with E-state index in [2.05, 4.69) is 25.6 Å². The van der Waals surface area contributed by atoms with E-state index in [0.717, 1.165) is 0 Å². The Kier molecular flexibility index (Phi) is 5.40. The van der Waals surface area contributed by atoms with Gasteiger partial charge in [0.2, 0.25) is 0 Å². The number of nitrogens with one attached hydrogen (secondary N) is 2. The molecule has 0 unspecified atom stereocenters. The van der Waals surface area contributed by atoms with Crippen molar-refractivity contribution in [1.82, 2.24) is 25.0 Å². The van der Waals surface area contributed by atoms with Crippen molar-refractivity contribution >= 4 is 17.4 Å². The van der Waals surface area contributed by atoms with Crippen LogP contribution in [0.15, 0.2) is 41.3 Å². The van der Waals surface area contributed by atoms with Gasteiger partial charge in [-0.25, -0.2) is 9.67 Å². The van der Waals surface area contributed by atoms with Crippen molar-refractivity contribution in [3.63, 3.8) is 0 Å². The van der Waals surface area contributed by atoms with Crippen molar-refractivity contribution in [2.75, 3.05) is 5.32 Å². The standard InChI is InChI=1S/C20H22N6O3/c1-12-8-17(28)23-18(21-12)13-6-5-7-14(9-13)22-19(29)15-10-26(25-24-15)11-16(27)20(2,3)4/h5-10H,11H2,1-4H3,(H,22,29)(H,21,23,28). The number of aromatic amines is 1. The number of ketones is 1. The second-order valence-corrected chi connectivity index (χ2v) is 7.74. The molecule has 0 aliphatic heterocycles. The number of nitrogens with zero attached hydrogens (tertiary/aromatic N) is 4. The quantitative estimate of drug-likeness (QED) is 0.684. The molecule has 0 fully saturated rings. The van der Waals surface area contributed by atoms with Crippen LogP contribution in [0, 0.1) is 12.3 Å². The van der Waals surface area contributed by atoms with Crippen molar-refractivity contribution < 1.29 is 9.59 Å². The number of H-pyrrole nitrogens is 1. The number of amides is 1. The van der Waals surface area contributed by atoms with Gasteiger partial charge in [0.1, 0.15) is 12.4 Å². The summed E-state index contributed by atoms with van der Waals surface area (Å²) in [5.74, 6) is -0.0539. The first-order valence-electron chi connectivity index (χ1n) is 9.05. The summed E-state index contributed by atoms with van der Waals surface area (Å²) < 4.78 is 1.35. The Morgan fingerprint density at radius 3 is 2.66 bits per heavy atom. The van der Waals surface area contributed by atoms with E-state index in [1.54, 1.807) is 31.2 Å². The van der Waals surface area contributed by atoms with E-state index in [-0.39, 0.29) is 23.6 Å². The number of hydrogen-bond donors (Lipinski definition) is 2. The molecule has 2 heterocycles. The number of benzene rings is 1. The fourth-order valence-electron chi connectivity index (χ4n) is 2.52. The number of rotatable bonds is 5. The van der Waals surface area contributed by atoms with Crippen molar-refractivity contribution in [3.05, 3.63) is 58.3 Å². The van der Waals surface area contributed by atoms with E-state index >= 15 is 0 Å². The lowest BCUT2D eigenvalue weighted by Gasteiger charge is -2.15. The van der Waals surface area contributed by atoms with E-state index in [4.69, 9.17) is 0 Å². The molecule has 0 atom stereocenters. The highest BCUT2D eigenvalue weighted by Gasteiger charge is 2.22. The molecular weight excluding hydrogens is 372 g/mol. The Bertz CT molecular complexity index is 1120. The Balaban J connectivity index is 1.75. The summed E-state index contributed by atoms with van der Waals surface area (Å²) in [6.45, 7) is 7.25. The van der Waals surface area contributed by atoms with Crippen molar-refractivity contribution in [2.45, 2.75) is 34.2 Å². The zero-order valence-corrected chi connectivity index (χ0v) is 16.7. The van der Waals surface area contributed by atoms with Gasteiger partial charge in [-0.1, -0.05) is 38.1 Å². The molecule has 1 aromatic carbocycles. The summed E-state index contributed by atoms with van der Waals surface area (Å²) >= 11 is 0. The van der Waals surface area contributed by atoms with E-state index in [1.807, 2.05) is 20.8 Å². The van der Waals surface area contributed by atoms with Crippen LogP contribution in [-0.2, 0) is 11.3 Å². The van der Waals surface area contributed by atoms with Crippen LogP contribution in [0.3, 0.4) is 0 Å². The Hall–Kier alpha value is -3.62. The number of anilines is 1. The zero-order valence-electron chi connectivity index (χ0n) is 16.7. The van der Waals surface area contributed by atoms with Gasteiger partial charge in [0.15, 0.2) is 11.5 Å². The second kappa shape index (κ2) is 7.78. The predicted molar refractivity (Wildman–Crippen MR) is 107 cm³/mol. The first-order chi connectivity index (χ1) is 13.6. The highest BCUT2D eigenvalue weighted by molar-refractivity contribution is 6.02. The maximum atomic E-state index is 12.5. The minimum absolute atomic E-state index is 0.0123. The number of hydrogen-bond acceptors (Lipinski definition) is 6. The number of carbonyl (C=O) groups is 2. The third-order valence-corrected chi connectivity index (χ3v) is 4.18. The number of aromatic nitrogens is 5. The average molecular weight is 394 g/mol. The lowest BCUT2D eigenvalue weighted by Crippen LogP contribution is -2.25. The summed E-state index contributed by atoms with van der Waals surface area (Å²) in [7, 11) is 0. The maximum Gasteiger partial charge on any atom is 0.277 e. The molecule has 0 aliphatic carbocycles. The minimum Gasteiger partial charge on any atom is -0.321 e. The molecule has 2 aromatic heterocycles. The van der Waals surface area contributed by atoms with Gasteiger partial charge in [-0.05, 0) is 19.1 Å². The Morgan fingerprint density at radius 2 is 1.97 bits per heavy atom. The summed E-state index contributed by atoms with van der Waals surface area (Å²) in [5, 5.41) is 10.4. The number of carbonyl (C=O) groups excluding carboxylic acids is 2. The molecule has 0 saturated carbocycles. The molecule has 0 saturated heterocycles.